The molecule has 0 heterocycles. The normalized spacial score (nSPS) is 10.7. The van der Waals surface area contributed by atoms with E-state index in [1.54, 1.807) is 26.8 Å². The molecule has 1 aromatic rings. The quantitative estimate of drug-likeness (QED) is 0.776. The van der Waals surface area contributed by atoms with Gasteiger partial charge in [-0.25, -0.2) is 9.18 Å². The minimum atomic E-state index is -0.677. The zero-order valence-corrected chi connectivity index (χ0v) is 12.3. The Labute approximate surface area is 118 Å². The number of benzene rings is 1. The van der Waals surface area contributed by atoms with Crippen LogP contribution in [-0.2, 0) is 4.74 Å². The summed E-state index contributed by atoms with van der Waals surface area (Å²) in [4.78, 5) is 11.5. The molecule has 1 rings (SSSR count). The predicted octanol–water partition coefficient (Wildman–Crippen LogP) is 3.65. The lowest BCUT2D eigenvalue weighted by atomic mass is 10.2. The van der Waals surface area contributed by atoms with Crippen LogP contribution in [0.25, 0.3) is 0 Å². The second-order valence-corrected chi connectivity index (χ2v) is 5.71. The highest BCUT2D eigenvalue weighted by Gasteiger charge is 2.17. The summed E-state index contributed by atoms with van der Waals surface area (Å²) in [6, 6.07) is 4.20. The molecule has 0 saturated heterocycles. The second-order valence-electron chi connectivity index (χ2n) is 4.55. The Kier molecular flexibility index (Phi) is 4.51. The predicted molar refractivity (Wildman–Crippen MR) is 73.7 cm³/mol. The molecule has 4 nitrogen and oxygen atoms in total. The molecule has 96 valence electrons. The second kappa shape index (κ2) is 5.52. The van der Waals surface area contributed by atoms with Crippen LogP contribution in [0.5, 0.6) is 0 Å². The van der Waals surface area contributed by atoms with Gasteiger partial charge in [0.25, 0.3) is 0 Å². The molecule has 0 fully saturated rings. The number of ether oxygens (including phenoxy) is 1. The maximum Gasteiger partial charge on any atom is 0.412 e. The highest BCUT2D eigenvalue weighted by Crippen LogP contribution is 2.23. The minimum absolute atomic E-state index is 0.0610. The standard InChI is InChI=1S/C12H12FIN2O2/c1-12(2,3)18-11(17)16-10-5-8(13)7(6-15)4-9(10)14/h4-5H,1-3H3,(H,16,17). The van der Waals surface area contributed by atoms with E-state index in [-0.39, 0.29) is 11.3 Å². The zero-order valence-electron chi connectivity index (χ0n) is 10.2. The van der Waals surface area contributed by atoms with Gasteiger partial charge in [-0.05, 0) is 55.5 Å². The molecular formula is C12H12FIN2O2. The fraction of sp³-hybridized carbons (Fsp3) is 0.333. The highest BCUT2D eigenvalue weighted by molar-refractivity contribution is 14.1. The van der Waals surface area contributed by atoms with Crippen LogP contribution in [0, 0.1) is 20.7 Å². The number of hydrogen-bond acceptors (Lipinski definition) is 3. The van der Waals surface area contributed by atoms with Crippen LogP contribution in [0.15, 0.2) is 12.1 Å². The molecule has 18 heavy (non-hydrogen) atoms. The van der Waals surface area contributed by atoms with Crippen LogP contribution in [0.4, 0.5) is 14.9 Å². The summed E-state index contributed by atoms with van der Waals surface area (Å²) in [5.74, 6) is -0.677. The van der Waals surface area contributed by atoms with Gasteiger partial charge in [0.2, 0.25) is 0 Å². The summed E-state index contributed by atoms with van der Waals surface area (Å²) in [5.41, 5.74) is -0.406. The van der Waals surface area contributed by atoms with E-state index in [0.29, 0.717) is 3.57 Å². The molecule has 0 bridgehead atoms. The summed E-state index contributed by atoms with van der Waals surface area (Å²) in [7, 11) is 0. The van der Waals surface area contributed by atoms with E-state index in [1.165, 1.54) is 6.07 Å². The first kappa shape index (κ1) is 14.7. The average molecular weight is 362 g/mol. The van der Waals surface area contributed by atoms with Gasteiger partial charge >= 0.3 is 6.09 Å². The minimum Gasteiger partial charge on any atom is -0.444 e. The number of rotatable bonds is 1. The molecule has 0 aliphatic rings. The summed E-state index contributed by atoms with van der Waals surface area (Å²) in [6.45, 7) is 5.20. The molecule has 1 amide bonds. The van der Waals surface area contributed by atoms with Crippen molar-refractivity contribution in [1.82, 2.24) is 0 Å². The topological polar surface area (TPSA) is 62.1 Å². The Morgan fingerprint density at radius 2 is 2.11 bits per heavy atom. The number of nitriles is 1. The number of anilines is 1. The molecule has 0 atom stereocenters. The number of nitrogens with one attached hydrogen (secondary N) is 1. The molecule has 6 heteroatoms. The molecule has 0 aliphatic heterocycles. The lowest BCUT2D eigenvalue weighted by Crippen LogP contribution is -2.27. The average Bonchev–Trinajstić information content (AvgIpc) is 2.20. The maximum absolute atomic E-state index is 13.4. The molecule has 0 spiro atoms. The van der Waals surface area contributed by atoms with Gasteiger partial charge in [0.05, 0.1) is 11.3 Å². The van der Waals surface area contributed by atoms with Gasteiger partial charge in [-0.15, -0.1) is 0 Å². The van der Waals surface area contributed by atoms with E-state index in [2.05, 4.69) is 5.32 Å². The van der Waals surface area contributed by atoms with Gasteiger partial charge < -0.3 is 4.74 Å². The van der Waals surface area contributed by atoms with Crippen molar-refractivity contribution in [2.75, 3.05) is 5.32 Å². The Morgan fingerprint density at radius 3 is 2.61 bits per heavy atom. The summed E-state index contributed by atoms with van der Waals surface area (Å²) in [6.07, 6.45) is -0.662. The molecule has 0 aromatic heterocycles. The van der Waals surface area contributed by atoms with E-state index in [4.69, 9.17) is 10.00 Å². The number of nitrogens with zero attached hydrogens (tertiary/aromatic N) is 1. The van der Waals surface area contributed by atoms with Gasteiger partial charge in [0, 0.05) is 3.57 Å². The van der Waals surface area contributed by atoms with Crippen molar-refractivity contribution in [1.29, 1.82) is 5.26 Å². The number of hydrogen-bond donors (Lipinski definition) is 1. The van der Waals surface area contributed by atoms with Crippen molar-refractivity contribution in [3.05, 3.63) is 27.1 Å². The molecule has 0 saturated carbocycles. The first-order chi connectivity index (χ1) is 8.23. The largest absolute Gasteiger partial charge is 0.444 e. The monoisotopic (exact) mass is 362 g/mol. The molecule has 1 N–H and O–H groups in total. The fourth-order valence-electron chi connectivity index (χ4n) is 1.14. The van der Waals surface area contributed by atoms with Crippen LogP contribution in [-0.4, -0.2) is 11.7 Å². The van der Waals surface area contributed by atoms with E-state index >= 15 is 0 Å². The molecule has 1 aromatic carbocycles. The van der Waals surface area contributed by atoms with Crippen molar-refractivity contribution < 1.29 is 13.9 Å². The van der Waals surface area contributed by atoms with Crippen molar-refractivity contribution in [2.45, 2.75) is 26.4 Å². The summed E-state index contributed by atoms with van der Waals surface area (Å²) < 4.78 is 19.0. The van der Waals surface area contributed by atoms with Crippen molar-refractivity contribution in [3.63, 3.8) is 0 Å². The lowest BCUT2D eigenvalue weighted by Gasteiger charge is -2.20. The molecular weight excluding hydrogens is 350 g/mol. The van der Waals surface area contributed by atoms with E-state index in [0.717, 1.165) is 6.07 Å². The van der Waals surface area contributed by atoms with Gasteiger partial charge in [-0.3, -0.25) is 5.32 Å². The van der Waals surface area contributed by atoms with E-state index < -0.39 is 17.5 Å². The molecule has 0 aliphatic carbocycles. The number of carbonyl (C=O) groups excluding carboxylic acids is 1. The first-order valence-electron chi connectivity index (χ1n) is 5.12. The van der Waals surface area contributed by atoms with Crippen LogP contribution < -0.4 is 5.32 Å². The maximum atomic E-state index is 13.4. The summed E-state index contributed by atoms with van der Waals surface area (Å²) in [5, 5.41) is 11.1. The lowest BCUT2D eigenvalue weighted by molar-refractivity contribution is 0.0636. The first-order valence-corrected chi connectivity index (χ1v) is 6.20. The number of amides is 1. The van der Waals surface area contributed by atoms with Gasteiger partial charge in [-0.2, -0.15) is 5.26 Å². The van der Waals surface area contributed by atoms with Crippen LogP contribution >= 0.6 is 22.6 Å². The fourth-order valence-corrected chi connectivity index (χ4v) is 1.74. The van der Waals surface area contributed by atoms with Crippen LogP contribution in [0.2, 0.25) is 0 Å². The zero-order chi connectivity index (χ0) is 13.9. The van der Waals surface area contributed by atoms with Crippen molar-refractivity contribution >= 4 is 34.4 Å². The molecule has 0 radical (unpaired) electrons. The Hall–Kier alpha value is -1.36. The van der Waals surface area contributed by atoms with Gasteiger partial charge in [0.1, 0.15) is 17.5 Å². The van der Waals surface area contributed by atoms with Gasteiger partial charge in [-0.1, -0.05) is 0 Å². The van der Waals surface area contributed by atoms with Crippen molar-refractivity contribution in [2.24, 2.45) is 0 Å². The van der Waals surface area contributed by atoms with E-state index in [9.17, 15) is 9.18 Å². The number of carbonyl (C=O) groups is 1. The SMILES string of the molecule is CC(C)(C)OC(=O)Nc1cc(F)c(C#N)cc1I. The third-order valence-electron chi connectivity index (χ3n) is 1.81. The van der Waals surface area contributed by atoms with Gasteiger partial charge in [0.15, 0.2) is 0 Å². The summed E-state index contributed by atoms with van der Waals surface area (Å²) >= 11 is 1.91. The van der Waals surface area contributed by atoms with E-state index in [1.807, 2.05) is 22.6 Å². The Balaban J connectivity index is 2.90. The Morgan fingerprint density at radius 1 is 1.50 bits per heavy atom. The third kappa shape index (κ3) is 4.14. The highest BCUT2D eigenvalue weighted by atomic mass is 127. The Bertz CT molecular complexity index is 518. The smallest absolute Gasteiger partial charge is 0.412 e. The number of halogens is 2. The molecule has 0 unspecified atom stereocenters. The van der Waals surface area contributed by atoms with Crippen LogP contribution in [0.3, 0.4) is 0 Å². The van der Waals surface area contributed by atoms with Crippen LogP contribution in [0.1, 0.15) is 26.3 Å². The van der Waals surface area contributed by atoms with Crippen molar-refractivity contribution in [3.8, 4) is 6.07 Å². The third-order valence-corrected chi connectivity index (χ3v) is 2.71.